The Morgan fingerprint density at radius 1 is 0.900 bits per heavy atom. The number of carbonyl (C=O) groups is 3. The molecule has 6 nitrogen and oxygen atoms in total. The van der Waals surface area contributed by atoms with E-state index in [9.17, 15) is 14.4 Å². The summed E-state index contributed by atoms with van der Waals surface area (Å²) in [5.74, 6) is -0.392. The van der Waals surface area contributed by atoms with Crippen LogP contribution in [0.4, 0.5) is 0 Å². The lowest BCUT2D eigenvalue weighted by Crippen LogP contribution is -2.25. The highest BCUT2D eigenvalue weighted by atomic mass is 16.5. The topological polar surface area (TPSA) is 85.5 Å². The minimum absolute atomic E-state index is 0.0842. The molecule has 0 unspecified atom stereocenters. The number of carbonyl (C=O) groups excluding carboxylic acids is 3. The van der Waals surface area contributed by atoms with Crippen LogP contribution in [-0.2, 0) is 4.74 Å². The van der Waals surface area contributed by atoms with Crippen molar-refractivity contribution in [2.24, 2.45) is 0 Å². The standard InChI is InChI=1S/C24H23NO5/c1-14-20(24(28)29-4)15(2)25-21(14)22(26)16(3)30-19-12-10-18(11-13-19)23(27)17-8-6-5-7-9-17/h5-13,16,25H,1-4H3/t16-/m0/s1. The molecule has 1 N–H and O–H groups in total. The number of nitrogens with one attached hydrogen (secondary N) is 1. The number of H-pyrrole nitrogens is 1. The second-order valence-electron chi connectivity index (χ2n) is 6.96. The maximum atomic E-state index is 12.8. The number of aromatic nitrogens is 1. The maximum absolute atomic E-state index is 12.8. The molecule has 3 rings (SSSR count). The van der Waals surface area contributed by atoms with Crippen LogP contribution in [0.2, 0.25) is 0 Å². The first-order valence-electron chi connectivity index (χ1n) is 9.51. The Morgan fingerprint density at radius 3 is 2.10 bits per heavy atom. The number of ether oxygens (including phenoxy) is 2. The third kappa shape index (κ3) is 4.17. The number of Topliss-reactive ketones (excluding diaryl/α,β-unsaturated/α-hetero) is 1. The molecule has 1 aromatic heterocycles. The molecular weight excluding hydrogens is 382 g/mol. The Labute approximate surface area is 174 Å². The summed E-state index contributed by atoms with van der Waals surface area (Å²) in [5, 5.41) is 0. The largest absolute Gasteiger partial charge is 0.483 e. The van der Waals surface area contributed by atoms with Gasteiger partial charge in [0.05, 0.1) is 18.4 Å². The summed E-state index contributed by atoms with van der Waals surface area (Å²) in [6, 6.07) is 15.7. The van der Waals surface area contributed by atoms with E-state index >= 15 is 0 Å². The molecule has 0 fully saturated rings. The Balaban J connectivity index is 1.73. The highest BCUT2D eigenvalue weighted by Crippen LogP contribution is 2.22. The average Bonchev–Trinajstić information content (AvgIpc) is 3.07. The summed E-state index contributed by atoms with van der Waals surface area (Å²) < 4.78 is 10.5. The highest BCUT2D eigenvalue weighted by molar-refractivity contribution is 6.09. The number of aromatic amines is 1. The first kappa shape index (κ1) is 21.0. The van der Waals surface area contributed by atoms with Crippen molar-refractivity contribution in [3.63, 3.8) is 0 Å². The fraction of sp³-hybridized carbons (Fsp3) is 0.208. The van der Waals surface area contributed by atoms with Gasteiger partial charge in [0.15, 0.2) is 11.9 Å². The molecule has 0 aliphatic heterocycles. The van der Waals surface area contributed by atoms with Crippen molar-refractivity contribution in [1.82, 2.24) is 4.98 Å². The number of methoxy groups -OCH3 is 1. The van der Waals surface area contributed by atoms with E-state index < -0.39 is 12.1 Å². The lowest BCUT2D eigenvalue weighted by molar-refractivity contribution is 0.0599. The van der Waals surface area contributed by atoms with Gasteiger partial charge in [0.2, 0.25) is 5.78 Å². The fourth-order valence-electron chi connectivity index (χ4n) is 3.31. The van der Waals surface area contributed by atoms with Crippen LogP contribution in [0.15, 0.2) is 54.6 Å². The molecule has 6 heteroatoms. The lowest BCUT2D eigenvalue weighted by atomic mass is 10.0. The van der Waals surface area contributed by atoms with Crippen molar-refractivity contribution in [3.05, 3.63) is 88.2 Å². The third-order valence-corrected chi connectivity index (χ3v) is 4.91. The Bertz CT molecular complexity index is 1080. The Morgan fingerprint density at radius 2 is 1.50 bits per heavy atom. The normalized spacial score (nSPS) is 11.6. The van der Waals surface area contributed by atoms with Crippen LogP contribution in [0.1, 0.15) is 54.9 Å². The van der Waals surface area contributed by atoms with Gasteiger partial charge in [0.1, 0.15) is 5.75 Å². The summed E-state index contributed by atoms with van der Waals surface area (Å²) in [4.78, 5) is 40.2. The summed E-state index contributed by atoms with van der Waals surface area (Å²) in [5.41, 5.74) is 2.91. The molecule has 0 amide bonds. The van der Waals surface area contributed by atoms with Gasteiger partial charge in [-0.2, -0.15) is 0 Å². The molecular formula is C24H23NO5. The van der Waals surface area contributed by atoms with Gasteiger partial charge in [-0.05, 0) is 50.6 Å². The molecule has 0 saturated heterocycles. The number of hydrogen-bond donors (Lipinski definition) is 1. The van der Waals surface area contributed by atoms with Crippen LogP contribution in [0.3, 0.4) is 0 Å². The van der Waals surface area contributed by atoms with E-state index in [-0.39, 0.29) is 11.6 Å². The predicted molar refractivity (Wildman–Crippen MR) is 112 cm³/mol. The van der Waals surface area contributed by atoms with E-state index in [1.54, 1.807) is 57.2 Å². The van der Waals surface area contributed by atoms with Crippen LogP contribution >= 0.6 is 0 Å². The average molecular weight is 405 g/mol. The third-order valence-electron chi connectivity index (χ3n) is 4.91. The fourth-order valence-corrected chi connectivity index (χ4v) is 3.31. The lowest BCUT2D eigenvalue weighted by Gasteiger charge is -2.14. The van der Waals surface area contributed by atoms with Crippen molar-refractivity contribution in [3.8, 4) is 5.75 Å². The van der Waals surface area contributed by atoms with Crippen LogP contribution in [0.5, 0.6) is 5.75 Å². The van der Waals surface area contributed by atoms with Gasteiger partial charge < -0.3 is 14.5 Å². The van der Waals surface area contributed by atoms with E-state index in [4.69, 9.17) is 9.47 Å². The second-order valence-corrected chi connectivity index (χ2v) is 6.96. The molecule has 0 bridgehead atoms. The predicted octanol–water partition coefficient (Wildman–Crippen LogP) is 4.30. The second kappa shape index (κ2) is 8.78. The van der Waals surface area contributed by atoms with E-state index in [0.29, 0.717) is 39.4 Å². The van der Waals surface area contributed by atoms with Gasteiger partial charge in [-0.15, -0.1) is 0 Å². The molecule has 30 heavy (non-hydrogen) atoms. The summed E-state index contributed by atoms with van der Waals surface area (Å²) >= 11 is 0. The van der Waals surface area contributed by atoms with Gasteiger partial charge in [0.25, 0.3) is 0 Å². The van der Waals surface area contributed by atoms with Crippen molar-refractivity contribution in [2.45, 2.75) is 26.9 Å². The highest BCUT2D eigenvalue weighted by Gasteiger charge is 2.26. The summed E-state index contributed by atoms with van der Waals surface area (Å²) in [6.07, 6.45) is -0.789. The van der Waals surface area contributed by atoms with Gasteiger partial charge in [-0.3, -0.25) is 9.59 Å². The molecule has 0 saturated carbocycles. The summed E-state index contributed by atoms with van der Waals surface area (Å²) in [6.45, 7) is 5.04. The number of esters is 1. The molecule has 154 valence electrons. The van der Waals surface area contributed by atoms with Crippen LogP contribution in [0.25, 0.3) is 0 Å². The van der Waals surface area contributed by atoms with Gasteiger partial charge >= 0.3 is 5.97 Å². The minimum Gasteiger partial charge on any atom is -0.483 e. The zero-order valence-electron chi connectivity index (χ0n) is 17.3. The van der Waals surface area contributed by atoms with Crippen LogP contribution < -0.4 is 4.74 Å². The molecule has 0 aliphatic carbocycles. The molecule has 1 heterocycles. The zero-order chi connectivity index (χ0) is 21.8. The van der Waals surface area contributed by atoms with E-state index in [0.717, 1.165) is 0 Å². The van der Waals surface area contributed by atoms with Crippen LogP contribution in [-0.4, -0.2) is 35.7 Å². The zero-order valence-corrected chi connectivity index (χ0v) is 17.3. The quantitative estimate of drug-likeness (QED) is 0.468. The monoisotopic (exact) mass is 405 g/mol. The first-order valence-corrected chi connectivity index (χ1v) is 9.51. The summed E-state index contributed by atoms with van der Waals surface area (Å²) in [7, 11) is 1.30. The molecule has 1 atom stereocenters. The van der Waals surface area contributed by atoms with Crippen molar-refractivity contribution < 1.29 is 23.9 Å². The number of hydrogen-bond acceptors (Lipinski definition) is 5. The molecule has 0 aliphatic rings. The number of rotatable bonds is 7. The van der Waals surface area contributed by atoms with E-state index in [1.807, 2.05) is 18.2 Å². The van der Waals surface area contributed by atoms with Gasteiger partial charge in [-0.25, -0.2) is 4.79 Å². The van der Waals surface area contributed by atoms with E-state index in [1.165, 1.54) is 7.11 Å². The van der Waals surface area contributed by atoms with Gasteiger partial charge in [-0.1, -0.05) is 30.3 Å². The Kier molecular flexibility index (Phi) is 6.16. The number of benzene rings is 2. The molecule has 3 aromatic rings. The van der Waals surface area contributed by atoms with Crippen LogP contribution in [0, 0.1) is 13.8 Å². The Hall–Kier alpha value is -3.67. The smallest absolute Gasteiger partial charge is 0.339 e. The minimum atomic E-state index is -0.789. The maximum Gasteiger partial charge on any atom is 0.339 e. The molecule has 0 spiro atoms. The van der Waals surface area contributed by atoms with Crippen molar-refractivity contribution in [1.29, 1.82) is 0 Å². The SMILES string of the molecule is COC(=O)c1c(C)[nH]c(C(=O)[C@H](C)Oc2ccc(C(=O)c3ccccc3)cc2)c1C. The molecule has 2 aromatic carbocycles. The number of ketones is 2. The van der Waals surface area contributed by atoms with Crippen molar-refractivity contribution >= 4 is 17.5 Å². The number of aryl methyl sites for hydroxylation is 1. The first-order chi connectivity index (χ1) is 14.3. The van der Waals surface area contributed by atoms with Gasteiger partial charge in [0, 0.05) is 16.8 Å². The van der Waals surface area contributed by atoms with Crippen molar-refractivity contribution in [2.75, 3.05) is 7.11 Å². The van der Waals surface area contributed by atoms with E-state index in [2.05, 4.69) is 4.98 Å². The molecule has 0 radical (unpaired) electrons.